The molecule has 1 aromatic heterocycles. The number of hydrogen-bond acceptors (Lipinski definition) is 1. The summed E-state index contributed by atoms with van der Waals surface area (Å²) in [6.07, 6.45) is 0.0527. The summed E-state index contributed by atoms with van der Waals surface area (Å²) in [5, 5.41) is 11.6. The molecule has 4 aromatic rings. The number of fused-ring (bicyclic) bond motifs is 3. The van der Waals surface area contributed by atoms with E-state index in [1.165, 1.54) is 21.8 Å². The van der Waals surface area contributed by atoms with Crippen molar-refractivity contribution in [1.29, 1.82) is 0 Å². The molecule has 3 nitrogen and oxygen atoms in total. The normalized spacial score (nSPS) is 10.4. The third kappa shape index (κ3) is 3.76. The Bertz CT molecular complexity index is 923. The fourth-order valence-corrected chi connectivity index (χ4v) is 2.70. The highest BCUT2D eigenvalue weighted by atomic mass is 35.5. The minimum atomic E-state index is -0.827. The van der Waals surface area contributed by atoms with E-state index in [1.807, 2.05) is 0 Å². The molecule has 0 aliphatic heterocycles. The van der Waals surface area contributed by atoms with Gasteiger partial charge in [-0.3, -0.25) is 4.79 Å². The van der Waals surface area contributed by atoms with Gasteiger partial charge in [0.25, 0.3) is 0 Å². The van der Waals surface area contributed by atoms with E-state index >= 15 is 0 Å². The number of carboxylic acid groups (broad SMARTS) is 1. The van der Waals surface area contributed by atoms with Gasteiger partial charge in [0.1, 0.15) is 0 Å². The SMILES string of the molecule is O=C(O)Cc1ccc(Cl)cc1.c1ccc2c(c1)[nH]c1ccccc12. The number of H-pyrrole nitrogens is 1. The zero-order valence-corrected chi connectivity index (χ0v) is 13.6. The van der Waals surface area contributed by atoms with Gasteiger partial charge < -0.3 is 10.1 Å². The first-order valence-corrected chi connectivity index (χ1v) is 7.93. The molecule has 4 heteroatoms. The first-order chi connectivity index (χ1) is 11.6. The third-order valence-electron chi connectivity index (χ3n) is 3.68. The second kappa shape index (κ2) is 7.20. The lowest BCUT2D eigenvalue weighted by atomic mass is 10.2. The maximum absolute atomic E-state index is 10.2. The van der Waals surface area contributed by atoms with Crippen molar-refractivity contribution in [3.63, 3.8) is 0 Å². The first kappa shape index (κ1) is 16.1. The Morgan fingerprint density at radius 2 is 1.33 bits per heavy atom. The van der Waals surface area contributed by atoms with Crippen molar-refractivity contribution in [3.05, 3.63) is 83.4 Å². The minimum Gasteiger partial charge on any atom is -0.481 e. The van der Waals surface area contributed by atoms with Crippen LogP contribution in [0.2, 0.25) is 5.02 Å². The van der Waals surface area contributed by atoms with E-state index < -0.39 is 5.97 Å². The lowest BCUT2D eigenvalue weighted by Gasteiger charge is -1.95. The van der Waals surface area contributed by atoms with E-state index in [4.69, 9.17) is 16.7 Å². The van der Waals surface area contributed by atoms with Gasteiger partial charge in [0.15, 0.2) is 0 Å². The second-order valence-electron chi connectivity index (χ2n) is 5.41. The Labute approximate surface area is 144 Å². The Kier molecular flexibility index (Phi) is 4.82. The molecular formula is C20H16ClNO2. The van der Waals surface area contributed by atoms with Crippen LogP contribution in [-0.4, -0.2) is 16.1 Å². The van der Waals surface area contributed by atoms with Gasteiger partial charge in [0, 0.05) is 26.8 Å². The summed E-state index contributed by atoms with van der Waals surface area (Å²) >= 11 is 5.60. The van der Waals surface area contributed by atoms with E-state index in [0.717, 1.165) is 5.56 Å². The van der Waals surface area contributed by atoms with E-state index in [1.54, 1.807) is 24.3 Å². The molecule has 0 radical (unpaired) electrons. The number of aliphatic carboxylic acids is 1. The van der Waals surface area contributed by atoms with Crippen molar-refractivity contribution in [2.75, 3.05) is 0 Å². The molecule has 1 heterocycles. The summed E-state index contributed by atoms with van der Waals surface area (Å²) in [6, 6.07) is 23.5. The van der Waals surface area contributed by atoms with Crippen LogP contribution in [0.15, 0.2) is 72.8 Å². The van der Waals surface area contributed by atoms with Crippen LogP contribution < -0.4 is 0 Å². The fourth-order valence-electron chi connectivity index (χ4n) is 2.58. The lowest BCUT2D eigenvalue weighted by Crippen LogP contribution is -1.99. The van der Waals surface area contributed by atoms with Crippen molar-refractivity contribution in [2.24, 2.45) is 0 Å². The number of benzene rings is 3. The van der Waals surface area contributed by atoms with Crippen LogP contribution in [0.25, 0.3) is 21.8 Å². The third-order valence-corrected chi connectivity index (χ3v) is 3.93. The molecule has 0 amide bonds. The molecule has 0 spiro atoms. The average Bonchev–Trinajstić information content (AvgIpc) is 2.96. The topological polar surface area (TPSA) is 53.1 Å². The lowest BCUT2D eigenvalue weighted by molar-refractivity contribution is -0.136. The molecule has 0 aliphatic rings. The summed E-state index contributed by atoms with van der Waals surface area (Å²) in [6.45, 7) is 0. The number of hydrogen-bond donors (Lipinski definition) is 2. The second-order valence-corrected chi connectivity index (χ2v) is 5.85. The molecule has 0 fully saturated rings. The van der Waals surface area contributed by atoms with Crippen LogP contribution in [0.1, 0.15) is 5.56 Å². The number of para-hydroxylation sites is 2. The summed E-state index contributed by atoms with van der Waals surface area (Å²) < 4.78 is 0. The molecule has 4 rings (SSSR count). The monoisotopic (exact) mass is 337 g/mol. The molecule has 0 unspecified atom stereocenters. The van der Waals surface area contributed by atoms with Gasteiger partial charge in [-0.15, -0.1) is 0 Å². The zero-order valence-electron chi connectivity index (χ0n) is 12.9. The van der Waals surface area contributed by atoms with Gasteiger partial charge in [0.2, 0.25) is 0 Å². The van der Waals surface area contributed by atoms with Gasteiger partial charge in [-0.05, 0) is 29.8 Å². The zero-order chi connectivity index (χ0) is 16.9. The van der Waals surface area contributed by atoms with E-state index in [9.17, 15) is 4.79 Å². The summed E-state index contributed by atoms with van der Waals surface area (Å²) in [5.41, 5.74) is 3.19. The van der Waals surface area contributed by atoms with E-state index in [-0.39, 0.29) is 6.42 Å². The Morgan fingerprint density at radius 1 is 0.833 bits per heavy atom. The van der Waals surface area contributed by atoms with Crippen LogP contribution in [0, 0.1) is 0 Å². The summed E-state index contributed by atoms with van der Waals surface area (Å²) in [4.78, 5) is 13.6. The highest BCUT2D eigenvalue weighted by Crippen LogP contribution is 2.24. The summed E-state index contributed by atoms with van der Waals surface area (Å²) in [5.74, 6) is -0.827. The molecule has 0 saturated heterocycles. The number of halogens is 1. The highest BCUT2D eigenvalue weighted by molar-refractivity contribution is 6.30. The van der Waals surface area contributed by atoms with E-state index in [0.29, 0.717) is 5.02 Å². The summed E-state index contributed by atoms with van der Waals surface area (Å²) in [7, 11) is 0. The maximum atomic E-state index is 10.2. The highest BCUT2D eigenvalue weighted by Gasteiger charge is 2.00. The molecule has 0 aliphatic carbocycles. The van der Waals surface area contributed by atoms with Gasteiger partial charge >= 0.3 is 5.97 Å². The van der Waals surface area contributed by atoms with Crippen molar-refractivity contribution in [2.45, 2.75) is 6.42 Å². The molecule has 0 bridgehead atoms. The largest absolute Gasteiger partial charge is 0.481 e. The van der Waals surface area contributed by atoms with E-state index in [2.05, 4.69) is 53.5 Å². The van der Waals surface area contributed by atoms with Gasteiger partial charge in [-0.1, -0.05) is 60.1 Å². The molecule has 2 N–H and O–H groups in total. The van der Waals surface area contributed by atoms with Gasteiger partial charge in [-0.2, -0.15) is 0 Å². The predicted molar refractivity (Wildman–Crippen MR) is 98.6 cm³/mol. The fraction of sp³-hybridized carbons (Fsp3) is 0.0500. The van der Waals surface area contributed by atoms with Crippen LogP contribution >= 0.6 is 11.6 Å². The number of carboxylic acids is 1. The molecule has 3 aromatic carbocycles. The van der Waals surface area contributed by atoms with Crippen molar-refractivity contribution >= 4 is 39.4 Å². The van der Waals surface area contributed by atoms with Crippen LogP contribution in [-0.2, 0) is 11.2 Å². The smallest absolute Gasteiger partial charge is 0.307 e. The molecule has 0 atom stereocenters. The van der Waals surface area contributed by atoms with Gasteiger partial charge in [0.05, 0.1) is 6.42 Å². The predicted octanol–water partition coefficient (Wildman–Crippen LogP) is 5.29. The Hall–Kier alpha value is -2.78. The van der Waals surface area contributed by atoms with Crippen LogP contribution in [0.3, 0.4) is 0 Å². The van der Waals surface area contributed by atoms with Crippen LogP contribution in [0.5, 0.6) is 0 Å². The minimum absolute atomic E-state index is 0.0527. The molecule has 24 heavy (non-hydrogen) atoms. The van der Waals surface area contributed by atoms with Gasteiger partial charge in [-0.25, -0.2) is 0 Å². The quantitative estimate of drug-likeness (QED) is 0.522. The van der Waals surface area contributed by atoms with Crippen LogP contribution in [0.4, 0.5) is 0 Å². The molecule has 120 valence electrons. The maximum Gasteiger partial charge on any atom is 0.307 e. The van der Waals surface area contributed by atoms with Crippen molar-refractivity contribution in [3.8, 4) is 0 Å². The number of carbonyl (C=O) groups is 1. The van der Waals surface area contributed by atoms with Crippen molar-refractivity contribution < 1.29 is 9.90 Å². The Morgan fingerprint density at radius 3 is 1.83 bits per heavy atom. The van der Waals surface area contributed by atoms with Crippen molar-refractivity contribution in [1.82, 2.24) is 4.98 Å². The molecular weight excluding hydrogens is 322 g/mol. The average molecular weight is 338 g/mol. The number of rotatable bonds is 2. The first-order valence-electron chi connectivity index (χ1n) is 7.55. The number of aromatic nitrogens is 1. The standard InChI is InChI=1S/C12H9N.C8H7ClO2/c1-3-7-11-9(5-1)10-6-2-4-8-12(10)13-11;9-7-3-1-6(2-4-7)5-8(10)11/h1-8,13H;1-4H,5H2,(H,10,11). The Balaban J connectivity index is 0.000000144. The number of aromatic amines is 1. The molecule has 0 saturated carbocycles. The number of nitrogens with one attached hydrogen (secondary N) is 1.